The van der Waals surface area contributed by atoms with Crippen molar-refractivity contribution in [2.75, 3.05) is 31.1 Å². The van der Waals surface area contributed by atoms with Crippen molar-refractivity contribution in [3.63, 3.8) is 0 Å². The van der Waals surface area contributed by atoms with Crippen LogP contribution in [0.3, 0.4) is 0 Å². The van der Waals surface area contributed by atoms with Gasteiger partial charge in [-0.05, 0) is 25.5 Å². The summed E-state index contributed by atoms with van der Waals surface area (Å²) < 4.78 is 27.5. The van der Waals surface area contributed by atoms with Crippen LogP contribution in [0, 0.1) is 13.8 Å². The summed E-state index contributed by atoms with van der Waals surface area (Å²) in [5, 5.41) is 10.5. The molecule has 1 aliphatic heterocycles. The van der Waals surface area contributed by atoms with Gasteiger partial charge in [-0.15, -0.1) is 10.2 Å². The van der Waals surface area contributed by atoms with E-state index in [1.807, 2.05) is 26.0 Å². The van der Waals surface area contributed by atoms with Gasteiger partial charge in [-0.2, -0.15) is 4.31 Å². The van der Waals surface area contributed by atoms with E-state index in [0.717, 1.165) is 21.3 Å². The molecule has 0 spiro atoms. The second kappa shape index (κ2) is 6.90. The van der Waals surface area contributed by atoms with Gasteiger partial charge >= 0.3 is 0 Å². The molecule has 0 N–H and O–H groups in total. The lowest BCUT2D eigenvalue weighted by Gasteiger charge is -2.33. The second-order valence-corrected chi connectivity index (χ2v) is 10.7. The third-order valence-electron chi connectivity index (χ3n) is 4.51. The molecule has 3 rings (SSSR count). The Morgan fingerprint density at radius 3 is 2.23 bits per heavy atom. The average molecular weight is 395 g/mol. The molecule has 1 aromatic heterocycles. The molecule has 0 unspecified atom stereocenters. The van der Waals surface area contributed by atoms with Crippen molar-refractivity contribution >= 4 is 26.5 Å². The van der Waals surface area contributed by atoms with E-state index in [4.69, 9.17) is 0 Å². The van der Waals surface area contributed by atoms with Gasteiger partial charge in [0.05, 0.1) is 4.90 Å². The van der Waals surface area contributed by atoms with Gasteiger partial charge in [0.2, 0.25) is 15.2 Å². The first-order chi connectivity index (χ1) is 12.1. The van der Waals surface area contributed by atoms with Crippen LogP contribution >= 0.6 is 11.3 Å². The molecule has 26 heavy (non-hydrogen) atoms. The number of hydrogen-bond donors (Lipinski definition) is 0. The van der Waals surface area contributed by atoms with Crippen LogP contribution in [0.5, 0.6) is 0 Å². The van der Waals surface area contributed by atoms with Crippen molar-refractivity contribution in [2.45, 2.75) is 44.9 Å². The Labute approximate surface area is 159 Å². The normalized spacial score (nSPS) is 16.9. The fraction of sp³-hybridized carbons (Fsp3) is 0.556. The highest BCUT2D eigenvalue weighted by Crippen LogP contribution is 2.31. The molecule has 0 saturated carbocycles. The van der Waals surface area contributed by atoms with E-state index in [2.05, 4.69) is 35.9 Å². The van der Waals surface area contributed by atoms with Crippen LogP contribution in [0.2, 0.25) is 0 Å². The molecule has 0 bridgehead atoms. The Kier molecular flexibility index (Phi) is 5.11. The maximum absolute atomic E-state index is 13.0. The maximum atomic E-state index is 13.0. The largest absolute Gasteiger partial charge is 0.344 e. The third kappa shape index (κ3) is 3.77. The molecule has 0 radical (unpaired) electrons. The van der Waals surface area contributed by atoms with Crippen molar-refractivity contribution in [2.24, 2.45) is 0 Å². The number of benzene rings is 1. The number of piperazine rings is 1. The lowest BCUT2D eigenvalue weighted by Crippen LogP contribution is -2.48. The van der Waals surface area contributed by atoms with E-state index in [1.54, 1.807) is 21.7 Å². The molecule has 0 aliphatic carbocycles. The number of hydrogen-bond acceptors (Lipinski definition) is 6. The van der Waals surface area contributed by atoms with Gasteiger partial charge in [-0.25, -0.2) is 8.42 Å². The topological polar surface area (TPSA) is 66.4 Å². The predicted molar refractivity (Wildman–Crippen MR) is 105 cm³/mol. The molecule has 142 valence electrons. The molecule has 6 nitrogen and oxygen atoms in total. The quantitative estimate of drug-likeness (QED) is 0.801. The fourth-order valence-corrected chi connectivity index (χ4v) is 5.58. The van der Waals surface area contributed by atoms with Crippen LogP contribution in [0.4, 0.5) is 5.13 Å². The molecule has 2 heterocycles. The first-order valence-electron chi connectivity index (χ1n) is 8.75. The molecule has 1 aromatic carbocycles. The highest BCUT2D eigenvalue weighted by Gasteiger charge is 2.31. The number of aryl methyl sites for hydroxylation is 2. The van der Waals surface area contributed by atoms with Crippen molar-refractivity contribution in [3.05, 3.63) is 34.3 Å². The summed E-state index contributed by atoms with van der Waals surface area (Å²) in [6.45, 7) is 12.3. The molecule has 0 atom stereocenters. The summed E-state index contributed by atoms with van der Waals surface area (Å²) in [7, 11) is -3.46. The fourth-order valence-electron chi connectivity index (χ4n) is 2.99. The van der Waals surface area contributed by atoms with Gasteiger partial charge in [0, 0.05) is 31.6 Å². The van der Waals surface area contributed by atoms with E-state index in [1.165, 1.54) is 0 Å². The van der Waals surface area contributed by atoms with Gasteiger partial charge in [0.1, 0.15) is 5.01 Å². The molecular weight excluding hydrogens is 368 g/mol. The number of anilines is 1. The van der Waals surface area contributed by atoms with Crippen LogP contribution in [0.1, 0.15) is 36.9 Å². The highest BCUT2D eigenvalue weighted by atomic mass is 32.2. The van der Waals surface area contributed by atoms with Gasteiger partial charge in [0.25, 0.3) is 0 Å². The summed E-state index contributed by atoms with van der Waals surface area (Å²) in [6, 6.07) is 5.48. The van der Waals surface area contributed by atoms with Gasteiger partial charge in [0.15, 0.2) is 0 Å². The number of nitrogens with zero attached hydrogens (tertiary/aromatic N) is 4. The number of aromatic nitrogens is 2. The first kappa shape index (κ1) is 19.3. The van der Waals surface area contributed by atoms with E-state index < -0.39 is 10.0 Å². The summed E-state index contributed by atoms with van der Waals surface area (Å²) in [5.74, 6) is 0. The zero-order valence-corrected chi connectivity index (χ0v) is 17.6. The summed E-state index contributed by atoms with van der Waals surface area (Å²) in [4.78, 5) is 2.53. The minimum Gasteiger partial charge on any atom is -0.344 e. The Morgan fingerprint density at radius 1 is 1.04 bits per heavy atom. The Hall–Kier alpha value is -1.51. The standard InChI is InChI=1S/C18H26N4O2S2/c1-13-6-7-15(14(2)12-13)26(23,24)22-10-8-21(9-11-22)17-20-19-16(25-17)18(3,4)5/h6-7,12H,8-11H2,1-5H3. The van der Waals surface area contributed by atoms with Gasteiger partial charge < -0.3 is 4.90 Å². The molecule has 8 heteroatoms. The van der Waals surface area contributed by atoms with E-state index in [-0.39, 0.29) is 5.41 Å². The van der Waals surface area contributed by atoms with Crippen LogP contribution in [0.15, 0.2) is 23.1 Å². The predicted octanol–water partition coefficient (Wildman–Crippen LogP) is 2.96. The summed E-state index contributed by atoms with van der Waals surface area (Å²) in [5.41, 5.74) is 1.84. The van der Waals surface area contributed by atoms with E-state index in [9.17, 15) is 8.42 Å². The number of sulfonamides is 1. The second-order valence-electron chi connectivity index (χ2n) is 7.80. The smallest absolute Gasteiger partial charge is 0.243 e. The van der Waals surface area contributed by atoms with Crippen molar-refractivity contribution in [3.8, 4) is 0 Å². The minimum absolute atomic E-state index is 0.0238. The molecule has 1 aliphatic rings. The lowest BCUT2D eigenvalue weighted by molar-refractivity contribution is 0.384. The molecular formula is C18H26N4O2S2. The zero-order chi connectivity index (χ0) is 19.1. The van der Waals surface area contributed by atoms with Gasteiger partial charge in [-0.1, -0.05) is 49.8 Å². The maximum Gasteiger partial charge on any atom is 0.243 e. The van der Waals surface area contributed by atoms with Crippen LogP contribution < -0.4 is 4.90 Å². The monoisotopic (exact) mass is 394 g/mol. The minimum atomic E-state index is -3.46. The SMILES string of the molecule is Cc1ccc(S(=O)(=O)N2CCN(c3nnc(C(C)(C)C)s3)CC2)c(C)c1. The van der Waals surface area contributed by atoms with Crippen molar-refractivity contribution in [1.29, 1.82) is 0 Å². The van der Waals surface area contributed by atoms with Crippen molar-refractivity contribution in [1.82, 2.24) is 14.5 Å². The van der Waals surface area contributed by atoms with E-state index >= 15 is 0 Å². The zero-order valence-electron chi connectivity index (χ0n) is 16.0. The lowest BCUT2D eigenvalue weighted by atomic mass is 9.98. The number of rotatable bonds is 3. The molecule has 1 saturated heterocycles. The van der Waals surface area contributed by atoms with Crippen LogP contribution in [0.25, 0.3) is 0 Å². The Bertz CT molecular complexity index is 892. The Morgan fingerprint density at radius 2 is 1.69 bits per heavy atom. The summed E-state index contributed by atoms with van der Waals surface area (Å²) >= 11 is 1.59. The van der Waals surface area contributed by atoms with Crippen LogP contribution in [-0.2, 0) is 15.4 Å². The van der Waals surface area contributed by atoms with Gasteiger partial charge in [-0.3, -0.25) is 0 Å². The molecule has 2 aromatic rings. The first-order valence-corrected chi connectivity index (χ1v) is 11.0. The van der Waals surface area contributed by atoms with E-state index in [0.29, 0.717) is 31.1 Å². The summed E-state index contributed by atoms with van der Waals surface area (Å²) in [6.07, 6.45) is 0. The van der Waals surface area contributed by atoms with Crippen molar-refractivity contribution < 1.29 is 8.42 Å². The molecule has 0 amide bonds. The molecule has 1 fully saturated rings. The highest BCUT2D eigenvalue weighted by molar-refractivity contribution is 7.89. The average Bonchev–Trinajstić information content (AvgIpc) is 3.05. The Balaban J connectivity index is 1.73. The third-order valence-corrected chi connectivity index (χ3v) is 7.98. The van der Waals surface area contributed by atoms with Crippen LogP contribution in [-0.4, -0.2) is 49.1 Å².